The summed E-state index contributed by atoms with van der Waals surface area (Å²) >= 11 is 0. The van der Waals surface area contributed by atoms with Crippen molar-refractivity contribution in [2.24, 2.45) is 0 Å². The highest BCUT2D eigenvalue weighted by Gasteiger charge is 2.24. The number of carbonyl (C=O) groups excluding carboxylic acids is 2. The van der Waals surface area contributed by atoms with Crippen molar-refractivity contribution in [1.29, 1.82) is 0 Å². The van der Waals surface area contributed by atoms with Gasteiger partial charge in [-0.3, -0.25) is 4.79 Å². The van der Waals surface area contributed by atoms with E-state index in [0.717, 1.165) is 12.8 Å². The molecule has 0 bridgehead atoms. The molecular weight excluding hydrogens is 374 g/mol. The van der Waals surface area contributed by atoms with Crippen LogP contribution < -0.4 is 5.32 Å². The number of nitrogens with one attached hydrogen (secondary N) is 1. The highest BCUT2D eigenvalue weighted by atomic mass is 16.2. The molecule has 0 spiro atoms. The number of amides is 3. The van der Waals surface area contributed by atoms with Crippen LogP contribution >= 0.6 is 0 Å². The molecule has 0 aromatic heterocycles. The summed E-state index contributed by atoms with van der Waals surface area (Å²) in [5.41, 5.74) is 7.65. The summed E-state index contributed by atoms with van der Waals surface area (Å²) in [4.78, 5) is 27.5. The fraction of sp³-hybridized carbons (Fsp3) is 0.280. The molecule has 3 amide bonds. The number of hydrogen-bond acceptors (Lipinski definition) is 2. The predicted octanol–water partition coefficient (Wildman–Crippen LogP) is 3.87. The van der Waals surface area contributed by atoms with Gasteiger partial charge in [-0.1, -0.05) is 66.3 Å². The number of benzene rings is 2. The Morgan fingerprint density at radius 2 is 1.43 bits per heavy atom. The van der Waals surface area contributed by atoms with Crippen LogP contribution in [0, 0.1) is 0 Å². The first-order valence-corrected chi connectivity index (χ1v) is 10.4. The van der Waals surface area contributed by atoms with Gasteiger partial charge in [0.2, 0.25) is 5.91 Å². The predicted molar refractivity (Wildman–Crippen MR) is 121 cm³/mol. The molecular formula is C25H27N3O2. The van der Waals surface area contributed by atoms with Gasteiger partial charge in [0.25, 0.3) is 0 Å². The summed E-state index contributed by atoms with van der Waals surface area (Å²) in [5.74, 6) is -0.0300. The van der Waals surface area contributed by atoms with E-state index in [2.05, 4.69) is 66.0 Å². The average molecular weight is 402 g/mol. The molecule has 1 fully saturated rings. The van der Waals surface area contributed by atoms with E-state index in [1.165, 1.54) is 38.3 Å². The number of fused-ring (bicyclic) bond motifs is 2. The maximum atomic E-state index is 12.5. The van der Waals surface area contributed by atoms with Gasteiger partial charge >= 0.3 is 6.03 Å². The van der Waals surface area contributed by atoms with Gasteiger partial charge in [-0.05, 0) is 40.7 Å². The molecule has 1 heterocycles. The second kappa shape index (κ2) is 8.57. The van der Waals surface area contributed by atoms with Crippen molar-refractivity contribution >= 4 is 29.7 Å². The third-order valence-corrected chi connectivity index (χ3v) is 5.77. The molecule has 0 radical (unpaired) electrons. The van der Waals surface area contributed by atoms with Gasteiger partial charge in [-0.15, -0.1) is 0 Å². The van der Waals surface area contributed by atoms with Crippen molar-refractivity contribution in [2.45, 2.75) is 12.8 Å². The Morgan fingerprint density at radius 1 is 0.900 bits per heavy atom. The van der Waals surface area contributed by atoms with Crippen LogP contribution in [0.3, 0.4) is 0 Å². The van der Waals surface area contributed by atoms with Crippen LogP contribution in [0.1, 0.15) is 35.1 Å². The summed E-state index contributed by atoms with van der Waals surface area (Å²) in [5, 5.41) is 2.66. The number of rotatable bonds is 2. The number of hydrogen-bond donors (Lipinski definition) is 1. The SMILES string of the molecule is CN(C)C(=O)NCC(=O)N1CCC(=C2c3ccccc3C=Cc3ccccc32)CC1. The fourth-order valence-electron chi connectivity index (χ4n) is 4.14. The number of piperidine rings is 1. The maximum Gasteiger partial charge on any atom is 0.317 e. The van der Waals surface area contributed by atoms with Crippen LogP contribution in [0.2, 0.25) is 0 Å². The fourth-order valence-corrected chi connectivity index (χ4v) is 4.14. The standard InChI is InChI=1S/C25H27N3O2/c1-27(2)25(30)26-17-23(29)28-15-13-20(14-16-28)24-21-9-5-3-7-18(21)11-12-19-8-4-6-10-22(19)24/h3-12H,13-17H2,1-2H3,(H,26,30). The van der Waals surface area contributed by atoms with Crippen LogP contribution in [-0.2, 0) is 4.79 Å². The Balaban J connectivity index is 1.57. The number of carbonyl (C=O) groups is 2. The van der Waals surface area contributed by atoms with Gasteiger partial charge in [-0.25, -0.2) is 4.79 Å². The third kappa shape index (κ3) is 4.01. The molecule has 0 saturated carbocycles. The summed E-state index contributed by atoms with van der Waals surface area (Å²) in [6.45, 7) is 1.39. The average Bonchev–Trinajstić information content (AvgIpc) is 2.94. The minimum Gasteiger partial charge on any atom is -0.341 e. The van der Waals surface area contributed by atoms with E-state index in [0.29, 0.717) is 13.1 Å². The molecule has 2 aromatic rings. The topological polar surface area (TPSA) is 52.7 Å². The zero-order valence-electron chi connectivity index (χ0n) is 17.5. The molecule has 0 unspecified atom stereocenters. The second-order valence-electron chi connectivity index (χ2n) is 7.92. The molecule has 1 aliphatic heterocycles. The molecule has 4 rings (SSSR count). The first-order valence-electron chi connectivity index (χ1n) is 10.4. The third-order valence-electron chi connectivity index (χ3n) is 5.77. The quantitative estimate of drug-likeness (QED) is 0.709. The molecule has 2 aromatic carbocycles. The van der Waals surface area contributed by atoms with Gasteiger partial charge in [-0.2, -0.15) is 0 Å². The van der Waals surface area contributed by atoms with Crippen LogP contribution in [0.4, 0.5) is 4.79 Å². The molecule has 5 nitrogen and oxygen atoms in total. The molecule has 2 aliphatic rings. The van der Waals surface area contributed by atoms with Crippen LogP contribution in [0.15, 0.2) is 54.1 Å². The molecule has 154 valence electrons. The van der Waals surface area contributed by atoms with Crippen molar-refractivity contribution in [3.63, 3.8) is 0 Å². The smallest absolute Gasteiger partial charge is 0.317 e. The maximum absolute atomic E-state index is 12.5. The van der Waals surface area contributed by atoms with Gasteiger partial charge in [0, 0.05) is 27.2 Å². The normalized spacial score (nSPS) is 15.2. The number of likely N-dealkylation sites (tertiary alicyclic amines) is 1. The lowest BCUT2D eigenvalue weighted by Gasteiger charge is -2.31. The monoisotopic (exact) mass is 401 g/mol. The van der Waals surface area contributed by atoms with E-state index >= 15 is 0 Å². The summed E-state index contributed by atoms with van der Waals surface area (Å²) in [7, 11) is 3.33. The highest BCUT2D eigenvalue weighted by Crippen LogP contribution is 2.38. The number of urea groups is 1. The van der Waals surface area contributed by atoms with Crippen LogP contribution in [-0.4, -0.2) is 55.5 Å². The lowest BCUT2D eigenvalue weighted by atomic mass is 9.86. The Kier molecular flexibility index (Phi) is 5.70. The van der Waals surface area contributed by atoms with E-state index in [-0.39, 0.29) is 18.5 Å². The van der Waals surface area contributed by atoms with Crippen LogP contribution in [0.5, 0.6) is 0 Å². The van der Waals surface area contributed by atoms with Gasteiger partial charge in [0.15, 0.2) is 0 Å². The van der Waals surface area contributed by atoms with Crippen molar-refractivity contribution in [3.05, 3.63) is 76.4 Å². The van der Waals surface area contributed by atoms with Gasteiger partial charge in [0.1, 0.15) is 0 Å². The van der Waals surface area contributed by atoms with E-state index < -0.39 is 0 Å². The molecule has 1 aliphatic carbocycles. The molecule has 1 N–H and O–H groups in total. The van der Waals surface area contributed by atoms with E-state index in [1.54, 1.807) is 14.1 Å². The number of nitrogens with zero attached hydrogens (tertiary/aromatic N) is 2. The van der Waals surface area contributed by atoms with Crippen molar-refractivity contribution in [3.8, 4) is 0 Å². The lowest BCUT2D eigenvalue weighted by Crippen LogP contribution is -2.45. The van der Waals surface area contributed by atoms with Gasteiger partial charge < -0.3 is 15.1 Å². The van der Waals surface area contributed by atoms with Gasteiger partial charge in [0.05, 0.1) is 6.54 Å². The van der Waals surface area contributed by atoms with E-state index in [1.807, 2.05) is 4.90 Å². The lowest BCUT2D eigenvalue weighted by molar-refractivity contribution is -0.130. The minimum atomic E-state index is -0.248. The Hall–Kier alpha value is -3.34. The Bertz CT molecular complexity index is 975. The second-order valence-corrected chi connectivity index (χ2v) is 7.92. The van der Waals surface area contributed by atoms with E-state index in [4.69, 9.17) is 0 Å². The van der Waals surface area contributed by atoms with Crippen molar-refractivity contribution in [2.75, 3.05) is 33.7 Å². The van der Waals surface area contributed by atoms with Crippen molar-refractivity contribution < 1.29 is 9.59 Å². The zero-order chi connectivity index (χ0) is 21.1. The zero-order valence-corrected chi connectivity index (χ0v) is 17.5. The Labute approximate surface area is 177 Å². The van der Waals surface area contributed by atoms with Crippen LogP contribution in [0.25, 0.3) is 17.7 Å². The van der Waals surface area contributed by atoms with E-state index in [9.17, 15) is 9.59 Å². The minimum absolute atomic E-state index is 0.0300. The summed E-state index contributed by atoms with van der Waals surface area (Å²) in [6.07, 6.45) is 6.05. The van der Waals surface area contributed by atoms with Crippen molar-refractivity contribution in [1.82, 2.24) is 15.1 Å². The molecule has 1 saturated heterocycles. The summed E-state index contributed by atoms with van der Waals surface area (Å²) < 4.78 is 0. The molecule has 0 atom stereocenters. The molecule has 30 heavy (non-hydrogen) atoms. The Morgan fingerprint density at radius 3 is 1.97 bits per heavy atom. The largest absolute Gasteiger partial charge is 0.341 e. The molecule has 5 heteroatoms. The summed E-state index contributed by atoms with van der Waals surface area (Å²) in [6, 6.07) is 16.8. The highest BCUT2D eigenvalue weighted by molar-refractivity contribution is 5.95. The first kappa shape index (κ1) is 20.0. The first-order chi connectivity index (χ1) is 14.5.